The van der Waals surface area contributed by atoms with E-state index in [0.717, 1.165) is 89.9 Å². The molecule has 0 aromatic heterocycles. The molecule has 0 saturated heterocycles. The second-order valence-electron chi connectivity index (χ2n) is 21.0. The molecule has 0 aliphatic heterocycles. The molecule has 0 aromatic carbocycles. The molecule has 0 N–H and O–H groups in total. The van der Waals surface area contributed by atoms with E-state index in [0.29, 0.717) is 19.3 Å². The van der Waals surface area contributed by atoms with Crippen molar-refractivity contribution in [2.75, 3.05) is 13.2 Å². The number of hydrogen-bond acceptors (Lipinski definition) is 6. The smallest absolute Gasteiger partial charge is 0.306 e. The predicted octanol–water partition coefficient (Wildman–Crippen LogP) is 21.0. The minimum absolute atomic E-state index is 0.0754. The van der Waals surface area contributed by atoms with Gasteiger partial charge in [-0.1, -0.05) is 275 Å². The maximum Gasteiger partial charge on any atom is 0.306 e. The number of hydrogen-bond donors (Lipinski definition) is 0. The van der Waals surface area contributed by atoms with Gasteiger partial charge in [0.2, 0.25) is 0 Å². The van der Waals surface area contributed by atoms with Gasteiger partial charge in [-0.15, -0.1) is 0 Å². The summed E-state index contributed by atoms with van der Waals surface area (Å²) in [5.41, 5.74) is 0. The van der Waals surface area contributed by atoms with E-state index in [1.807, 2.05) is 0 Å². The number of rotatable bonds is 57. The van der Waals surface area contributed by atoms with E-state index in [1.165, 1.54) is 199 Å². The summed E-state index contributed by atoms with van der Waals surface area (Å²) in [5, 5.41) is 0. The van der Waals surface area contributed by atoms with Crippen molar-refractivity contribution < 1.29 is 28.6 Å². The van der Waals surface area contributed by atoms with E-state index >= 15 is 0 Å². The Morgan fingerprint density at radius 1 is 0.282 bits per heavy atom. The Kier molecular flexibility index (Phi) is 57.7. The van der Waals surface area contributed by atoms with E-state index in [-0.39, 0.29) is 31.1 Å². The molecule has 414 valence electrons. The zero-order chi connectivity index (χ0) is 51.4. The zero-order valence-electron chi connectivity index (χ0n) is 47.5. The number of esters is 3. The Balaban J connectivity index is 3.98. The van der Waals surface area contributed by atoms with Crippen LogP contribution in [0, 0.1) is 0 Å². The van der Waals surface area contributed by atoms with E-state index in [4.69, 9.17) is 14.2 Å². The Bertz CT molecular complexity index is 1230. The van der Waals surface area contributed by atoms with Gasteiger partial charge in [-0.2, -0.15) is 0 Å². The van der Waals surface area contributed by atoms with Gasteiger partial charge < -0.3 is 14.2 Å². The largest absolute Gasteiger partial charge is 0.462 e. The van der Waals surface area contributed by atoms with Gasteiger partial charge in [0.1, 0.15) is 13.2 Å². The monoisotopic (exact) mass is 995 g/mol. The third-order valence-electron chi connectivity index (χ3n) is 13.8. The van der Waals surface area contributed by atoms with Gasteiger partial charge in [-0.25, -0.2) is 0 Å². The molecule has 6 heteroatoms. The minimum Gasteiger partial charge on any atom is -0.462 e. The summed E-state index contributed by atoms with van der Waals surface area (Å²) < 4.78 is 16.8. The van der Waals surface area contributed by atoms with Crippen LogP contribution in [0.4, 0.5) is 0 Å². The molecule has 71 heavy (non-hydrogen) atoms. The maximum absolute atomic E-state index is 12.8. The molecule has 0 radical (unpaired) electrons. The number of carbonyl (C=O) groups is 3. The van der Waals surface area contributed by atoms with Crippen molar-refractivity contribution in [2.45, 2.75) is 335 Å². The van der Waals surface area contributed by atoms with Crippen LogP contribution >= 0.6 is 0 Å². The quantitative estimate of drug-likeness (QED) is 0.0261. The molecule has 0 fully saturated rings. The van der Waals surface area contributed by atoms with E-state index in [1.54, 1.807) is 0 Å². The summed E-state index contributed by atoms with van der Waals surface area (Å²) in [5.74, 6) is -0.885. The molecule has 0 rings (SSSR count). The molecule has 0 aliphatic rings. The first-order valence-corrected chi connectivity index (χ1v) is 31.1. The van der Waals surface area contributed by atoms with Crippen molar-refractivity contribution in [3.05, 3.63) is 48.6 Å². The highest BCUT2D eigenvalue weighted by Crippen LogP contribution is 2.17. The van der Waals surface area contributed by atoms with Crippen molar-refractivity contribution >= 4 is 17.9 Å². The van der Waals surface area contributed by atoms with Gasteiger partial charge in [0.05, 0.1) is 0 Å². The van der Waals surface area contributed by atoms with Gasteiger partial charge >= 0.3 is 17.9 Å². The zero-order valence-corrected chi connectivity index (χ0v) is 47.5. The lowest BCUT2D eigenvalue weighted by Gasteiger charge is -2.18. The van der Waals surface area contributed by atoms with Crippen LogP contribution in [0.1, 0.15) is 329 Å². The van der Waals surface area contributed by atoms with Crippen LogP contribution < -0.4 is 0 Å². The van der Waals surface area contributed by atoms with Crippen molar-refractivity contribution in [1.29, 1.82) is 0 Å². The number of carbonyl (C=O) groups excluding carboxylic acids is 3. The highest BCUT2D eigenvalue weighted by Gasteiger charge is 2.19. The molecule has 0 heterocycles. The molecular formula is C65H118O6. The summed E-state index contributed by atoms with van der Waals surface area (Å²) in [6.45, 7) is 6.57. The van der Waals surface area contributed by atoms with E-state index in [9.17, 15) is 14.4 Å². The van der Waals surface area contributed by atoms with Crippen molar-refractivity contribution in [3.63, 3.8) is 0 Å². The first kappa shape index (κ1) is 68.4. The van der Waals surface area contributed by atoms with E-state index < -0.39 is 6.10 Å². The number of ether oxygens (including phenoxy) is 3. The fraction of sp³-hybridized carbons (Fsp3) is 0.831. The highest BCUT2D eigenvalue weighted by atomic mass is 16.6. The van der Waals surface area contributed by atoms with Crippen LogP contribution in [-0.4, -0.2) is 37.2 Å². The molecular weight excluding hydrogens is 877 g/mol. The van der Waals surface area contributed by atoms with Gasteiger partial charge in [-0.3, -0.25) is 14.4 Å². The standard InChI is InChI=1S/C65H118O6/c1-4-7-10-13-16-18-20-22-24-26-27-28-29-30-31-32-33-34-35-36-37-38-39-40-42-43-45-47-49-52-55-58-64(67)70-61-62(60-69-63(66)57-54-51-15-12-9-6-3)71-65(68)59-56-53-50-48-46-44-41-25-23-21-19-17-14-11-8-5-2/h19-22,25-27,41,62H,4-18,23-24,28-40,42-61H2,1-3H3/b21-19-,22-20-,27-26-,41-25-. The summed E-state index contributed by atoms with van der Waals surface area (Å²) in [4.78, 5) is 37.9. The molecule has 0 bridgehead atoms. The second-order valence-corrected chi connectivity index (χ2v) is 21.0. The van der Waals surface area contributed by atoms with E-state index in [2.05, 4.69) is 69.4 Å². The first-order valence-electron chi connectivity index (χ1n) is 31.1. The molecule has 0 aliphatic carbocycles. The molecule has 1 unspecified atom stereocenters. The molecule has 1 atom stereocenters. The Morgan fingerprint density at radius 3 is 0.789 bits per heavy atom. The third kappa shape index (κ3) is 58.1. The lowest BCUT2D eigenvalue weighted by atomic mass is 10.0. The van der Waals surface area contributed by atoms with Gasteiger partial charge in [-0.05, 0) is 83.5 Å². The normalized spacial score (nSPS) is 12.3. The third-order valence-corrected chi connectivity index (χ3v) is 13.8. The van der Waals surface area contributed by atoms with Gasteiger partial charge in [0, 0.05) is 19.3 Å². The highest BCUT2D eigenvalue weighted by molar-refractivity contribution is 5.71. The fourth-order valence-electron chi connectivity index (χ4n) is 9.09. The minimum atomic E-state index is -0.775. The van der Waals surface area contributed by atoms with Gasteiger partial charge in [0.15, 0.2) is 6.10 Å². The van der Waals surface area contributed by atoms with Crippen LogP contribution in [-0.2, 0) is 28.6 Å². The van der Waals surface area contributed by atoms with Gasteiger partial charge in [0.25, 0.3) is 0 Å². The summed E-state index contributed by atoms with van der Waals surface area (Å²) in [6, 6.07) is 0. The Labute approximate surface area is 441 Å². The average molecular weight is 996 g/mol. The summed E-state index contributed by atoms with van der Waals surface area (Å²) in [6.07, 6.45) is 74.5. The molecule has 0 aromatic rings. The van der Waals surface area contributed by atoms with Crippen LogP contribution in [0.15, 0.2) is 48.6 Å². The van der Waals surface area contributed by atoms with Crippen LogP contribution in [0.5, 0.6) is 0 Å². The summed E-state index contributed by atoms with van der Waals surface area (Å²) in [7, 11) is 0. The molecule has 6 nitrogen and oxygen atoms in total. The van der Waals surface area contributed by atoms with Crippen molar-refractivity contribution in [1.82, 2.24) is 0 Å². The predicted molar refractivity (Wildman–Crippen MR) is 307 cm³/mol. The Morgan fingerprint density at radius 2 is 0.507 bits per heavy atom. The number of allylic oxidation sites excluding steroid dienone is 8. The topological polar surface area (TPSA) is 78.9 Å². The fourth-order valence-corrected chi connectivity index (χ4v) is 9.09. The number of unbranched alkanes of at least 4 members (excludes halogenated alkanes) is 38. The Hall–Kier alpha value is -2.63. The summed E-state index contributed by atoms with van der Waals surface area (Å²) >= 11 is 0. The lowest BCUT2D eigenvalue weighted by molar-refractivity contribution is -0.167. The van der Waals surface area contributed by atoms with Crippen LogP contribution in [0.3, 0.4) is 0 Å². The van der Waals surface area contributed by atoms with Crippen LogP contribution in [0.25, 0.3) is 0 Å². The van der Waals surface area contributed by atoms with Crippen molar-refractivity contribution in [3.8, 4) is 0 Å². The first-order chi connectivity index (χ1) is 35.0. The van der Waals surface area contributed by atoms with Crippen molar-refractivity contribution in [2.24, 2.45) is 0 Å². The maximum atomic E-state index is 12.8. The SMILES string of the molecule is CCCCCC/C=C\C/C=C\CCCCCCCC(=O)OC(COC(=O)CCCCCCCC)COC(=O)CCCCCCCCCCCCCCCCCCCCC/C=C\C/C=C\CCCCCCC. The molecule has 0 spiro atoms. The molecule has 0 saturated carbocycles. The lowest BCUT2D eigenvalue weighted by Crippen LogP contribution is -2.30. The second kappa shape index (κ2) is 59.9. The average Bonchev–Trinajstić information content (AvgIpc) is 3.37. The van der Waals surface area contributed by atoms with Crippen LogP contribution in [0.2, 0.25) is 0 Å². The molecule has 0 amide bonds.